The lowest BCUT2D eigenvalue weighted by Crippen LogP contribution is -2.38. The molecule has 1 aromatic heterocycles. The molecule has 21 heavy (non-hydrogen) atoms. The summed E-state index contributed by atoms with van der Waals surface area (Å²) in [5.41, 5.74) is 0.303. The van der Waals surface area contributed by atoms with Crippen molar-refractivity contribution < 1.29 is 26.4 Å². The van der Waals surface area contributed by atoms with Gasteiger partial charge in [0.15, 0.2) is 5.75 Å². The highest BCUT2D eigenvalue weighted by Crippen LogP contribution is 2.21. The Balaban J connectivity index is 3.01. The molecular formula is C12H15F3N2O3S. The van der Waals surface area contributed by atoms with Crippen LogP contribution in [0.15, 0.2) is 18.3 Å². The van der Waals surface area contributed by atoms with E-state index < -0.39 is 27.9 Å². The summed E-state index contributed by atoms with van der Waals surface area (Å²) >= 11 is 0. The van der Waals surface area contributed by atoms with E-state index in [1.807, 2.05) is 6.92 Å². The third-order valence-electron chi connectivity index (χ3n) is 2.80. The molecule has 1 rings (SSSR count). The number of amides is 1. The van der Waals surface area contributed by atoms with Gasteiger partial charge in [-0.25, -0.2) is 13.1 Å². The average molecular weight is 324 g/mol. The van der Waals surface area contributed by atoms with Gasteiger partial charge in [0, 0.05) is 6.20 Å². The van der Waals surface area contributed by atoms with E-state index in [0.717, 1.165) is 0 Å². The lowest BCUT2D eigenvalue weighted by Gasteiger charge is -2.14. The standard InChI is InChI=1S/C12H15F3N2O3S/c1-3-8(2)9-5-4-6-16-10(9)11(18)17-21(19,20)7-12(13,14)15/h4-6,8H,3,7H2,1-2H3,(H,17,18). The van der Waals surface area contributed by atoms with E-state index in [4.69, 9.17) is 0 Å². The summed E-state index contributed by atoms with van der Waals surface area (Å²) in [6, 6.07) is 3.16. The molecule has 0 bridgehead atoms. The van der Waals surface area contributed by atoms with Crippen LogP contribution in [0.5, 0.6) is 0 Å². The maximum atomic E-state index is 12.1. The van der Waals surface area contributed by atoms with Gasteiger partial charge in [-0.1, -0.05) is 19.9 Å². The van der Waals surface area contributed by atoms with Crippen molar-refractivity contribution in [1.29, 1.82) is 0 Å². The van der Waals surface area contributed by atoms with Gasteiger partial charge in [-0.3, -0.25) is 9.78 Å². The summed E-state index contributed by atoms with van der Waals surface area (Å²) in [7, 11) is -4.80. The van der Waals surface area contributed by atoms with Crippen LogP contribution in [0.3, 0.4) is 0 Å². The van der Waals surface area contributed by atoms with Crippen LogP contribution in [0.2, 0.25) is 0 Å². The van der Waals surface area contributed by atoms with Gasteiger partial charge in [0.1, 0.15) is 5.69 Å². The molecule has 1 heterocycles. The molecule has 1 amide bonds. The van der Waals surface area contributed by atoms with Gasteiger partial charge in [0.25, 0.3) is 5.91 Å². The number of pyridine rings is 1. The number of hydrogen-bond donors (Lipinski definition) is 1. The fraction of sp³-hybridized carbons (Fsp3) is 0.500. The molecule has 0 spiro atoms. The molecule has 5 nitrogen and oxygen atoms in total. The smallest absolute Gasteiger partial charge is 0.266 e. The number of nitrogens with zero attached hydrogens (tertiary/aromatic N) is 1. The third-order valence-corrected chi connectivity index (χ3v) is 4.00. The Hall–Kier alpha value is -1.64. The van der Waals surface area contributed by atoms with Crippen molar-refractivity contribution in [2.24, 2.45) is 0 Å². The fourth-order valence-electron chi connectivity index (χ4n) is 1.67. The second-order valence-electron chi connectivity index (χ2n) is 4.56. The van der Waals surface area contributed by atoms with Gasteiger partial charge >= 0.3 is 6.18 Å². The maximum Gasteiger partial charge on any atom is 0.404 e. The minimum atomic E-state index is -4.92. The first-order valence-corrected chi connectivity index (χ1v) is 7.77. The molecule has 1 N–H and O–H groups in total. The van der Waals surface area contributed by atoms with Crippen LogP contribution < -0.4 is 4.72 Å². The number of rotatable bonds is 5. The van der Waals surface area contributed by atoms with Crippen molar-refractivity contribution in [3.63, 3.8) is 0 Å². The predicted octanol–water partition coefficient (Wildman–Crippen LogP) is 2.22. The quantitative estimate of drug-likeness (QED) is 0.901. The average Bonchev–Trinajstić information content (AvgIpc) is 2.34. The minimum absolute atomic E-state index is 0.0789. The van der Waals surface area contributed by atoms with Crippen LogP contribution in [0, 0.1) is 0 Å². The Bertz CT molecular complexity index is 614. The number of nitrogens with one attached hydrogen (secondary N) is 1. The molecule has 1 aromatic rings. The molecule has 0 aliphatic carbocycles. The van der Waals surface area contributed by atoms with E-state index in [1.165, 1.54) is 10.9 Å². The lowest BCUT2D eigenvalue weighted by molar-refractivity contribution is -0.106. The summed E-state index contributed by atoms with van der Waals surface area (Å²) < 4.78 is 60.4. The van der Waals surface area contributed by atoms with Gasteiger partial charge < -0.3 is 0 Å². The zero-order valence-corrected chi connectivity index (χ0v) is 12.3. The summed E-state index contributed by atoms with van der Waals surface area (Å²) in [5.74, 6) is -3.35. The molecule has 9 heteroatoms. The van der Waals surface area contributed by atoms with Crippen molar-refractivity contribution in [3.05, 3.63) is 29.6 Å². The van der Waals surface area contributed by atoms with E-state index in [-0.39, 0.29) is 11.6 Å². The summed E-state index contributed by atoms with van der Waals surface area (Å²) in [6.07, 6.45) is -2.98. The summed E-state index contributed by atoms with van der Waals surface area (Å²) in [5, 5.41) is 0. The first kappa shape index (κ1) is 17.4. The van der Waals surface area contributed by atoms with Gasteiger partial charge in [0.2, 0.25) is 10.0 Å². The zero-order chi connectivity index (χ0) is 16.3. The molecule has 118 valence electrons. The Morgan fingerprint density at radius 2 is 2.05 bits per heavy atom. The predicted molar refractivity (Wildman–Crippen MR) is 70.3 cm³/mol. The molecule has 0 saturated heterocycles. The van der Waals surface area contributed by atoms with Crippen LogP contribution >= 0.6 is 0 Å². The van der Waals surface area contributed by atoms with Gasteiger partial charge in [-0.05, 0) is 24.0 Å². The third kappa shape index (κ3) is 5.33. The number of aromatic nitrogens is 1. The number of sulfonamides is 1. The second kappa shape index (κ2) is 6.42. The van der Waals surface area contributed by atoms with Crippen molar-refractivity contribution in [2.45, 2.75) is 32.4 Å². The topological polar surface area (TPSA) is 76.1 Å². The summed E-state index contributed by atoms with van der Waals surface area (Å²) in [6.45, 7) is 3.66. The summed E-state index contributed by atoms with van der Waals surface area (Å²) in [4.78, 5) is 15.6. The van der Waals surface area contributed by atoms with E-state index in [1.54, 1.807) is 19.1 Å². The highest BCUT2D eigenvalue weighted by atomic mass is 32.2. The number of carbonyl (C=O) groups excluding carboxylic acids is 1. The van der Waals surface area contributed by atoms with Crippen molar-refractivity contribution >= 4 is 15.9 Å². The Labute approximate surface area is 120 Å². The molecule has 1 atom stereocenters. The Morgan fingerprint density at radius 1 is 1.43 bits per heavy atom. The van der Waals surface area contributed by atoms with E-state index in [0.29, 0.717) is 12.0 Å². The molecule has 0 aromatic carbocycles. The number of hydrogen-bond acceptors (Lipinski definition) is 4. The van der Waals surface area contributed by atoms with Crippen LogP contribution in [0.4, 0.5) is 13.2 Å². The van der Waals surface area contributed by atoms with Gasteiger partial charge in [-0.15, -0.1) is 0 Å². The SMILES string of the molecule is CCC(C)c1cccnc1C(=O)NS(=O)(=O)CC(F)(F)F. The number of alkyl halides is 3. The van der Waals surface area contributed by atoms with Gasteiger partial charge in [-0.2, -0.15) is 13.2 Å². The monoisotopic (exact) mass is 324 g/mol. The van der Waals surface area contributed by atoms with E-state index in [2.05, 4.69) is 4.98 Å². The molecule has 0 aliphatic heterocycles. The second-order valence-corrected chi connectivity index (χ2v) is 6.28. The Kier molecular flexibility index (Phi) is 5.32. The molecule has 0 aliphatic rings. The lowest BCUT2D eigenvalue weighted by atomic mass is 9.97. The molecule has 0 radical (unpaired) electrons. The highest BCUT2D eigenvalue weighted by Gasteiger charge is 2.36. The largest absolute Gasteiger partial charge is 0.404 e. The van der Waals surface area contributed by atoms with Crippen molar-refractivity contribution in [3.8, 4) is 0 Å². The number of halogens is 3. The molecule has 0 saturated carbocycles. The van der Waals surface area contributed by atoms with Crippen LogP contribution in [0.1, 0.15) is 42.2 Å². The minimum Gasteiger partial charge on any atom is -0.266 e. The van der Waals surface area contributed by atoms with Crippen LogP contribution in [0.25, 0.3) is 0 Å². The van der Waals surface area contributed by atoms with Crippen LogP contribution in [-0.4, -0.2) is 31.2 Å². The fourth-order valence-corrected chi connectivity index (χ4v) is 2.55. The zero-order valence-electron chi connectivity index (χ0n) is 11.4. The van der Waals surface area contributed by atoms with Crippen molar-refractivity contribution in [1.82, 2.24) is 9.71 Å². The number of carbonyl (C=O) groups is 1. The van der Waals surface area contributed by atoms with E-state index in [9.17, 15) is 26.4 Å². The first-order chi connectivity index (χ1) is 9.56. The first-order valence-electron chi connectivity index (χ1n) is 6.12. The normalized spacial score (nSPS) is 13.8. The molecule has 0 fully saturated rings. The van der Waals surface area contributed by atoms with E-state index >= 15 is 0 Å². The van der Waals surface area contributed by atoms with Crippen LogP contribution in [-0.2, 0) is 10.0 Å². The maximum absolute atomic E-state index is 12.1. The highest BCUT2D eigenvalue weighted by molar-refractivity contribution is 7.90. The van der Waals surface area contributed by atoms with Crippen molar-refractivity contribution in [2.75, 3.05) is 5.75 Å². The molecule has 1 unspecified atom stereocenters. The molecular weight excluding hydrogens is 309 g/mol. The van der Waals surface area contributed by atoms with Gasteiger partial charge in [0.05, 0.1) is 0 Å². The Morgan fingerprint density at radius 3 is 2.57 bits per heavy atom.